The number of carbonyl (C=O) groups excluding carboxylic acids is 1. The molecule has 0 aliphatic carbocycles. The van der Waals surface area contributed by atoms with Gasteiger partial charge in [0.05, 0.1) is 6.54 Å². The summed E-state index contributed by atoms with van der Waals surface area (Å²) in [4.78, 5) is 26.3. The first kappa shape index (κ1) is 22.2. The van der Waals surface area contributed by atoms with Crippen LogP contribution in [0.1, 0.15) is 27.2 Å². The number of carbonyl (C=O) groups is 1. The Labute approximate surface area is 192 Å². The van der Waals surface area contributed by atoms with Crippen LogP contribution in [0.2, 0.25) is 0 Å². The Balaban J connectivity index is 0.000000376. The van der Waals surface area contributed by atoms with Crippen molar-refractivity contribution in [1.82, 2.24) is 9.58 Å². The second-order valence-corrected chi connectivity index (χ2v) is 7.99. The molecule has 0 saturated heterocycles. The fourth-order valence-corrected chi connectivity index (χ4v) is 3.85. The van der Waals surface area contributed by atoms with E-state index in [1.165, 1.54) is 12.3 Å². The van der Waals surface area contributed by atoms with Crippen LogP contribution in [0.25, 0.3) is 0 Å². The Morgan fingerprint density at radius 1 is 0.939 bits per heavy atom. The molecule has 1 aromatic heterocycles. The van der Waals surface area contributed by atoms with Crippen molar-refractivity contribution in [3.8, 4) is 11.5 Å². The molecule has 2 aliphatic heterocycles. The first-order chi connectivity index (χ1) is 16.0. The minimum absolute atomic E-state index is 0.00676. The summed E-state index contributed by atoms with van der Waals surface area (Å²) in [7, 11) is 0. The van der Waals surface area contributed by atoms with Crippen molar-refractivity contribution in [2.75, 3.05) is 24.8 Å². The molecule has 1 amide bonds. The summed E-state index contributed by atoms with van der Waals surface area (Å²) < 4.78 is 7.58. The Morgan fingerprint density at radius 3 is 2.33 bits per heavy atom. The average molecular weight is 446 g/mol. The third-order valence-electron chi connectivity index (χ3n) is 5.78. The monoisotopic (exact) mass is 445 g/mol. The quantitative estimate of drug-likeness (QED) is 0.537. The van der Waals surface area contributed by atoms with Gasteiger partial charge in [0.2, 0.25) is 5.43 Å². The highest BCUT2D eigenvalue weighted by Crippen LogP contribution is 2.29. The lowest BCUT2D eigenvalue weighted by molar-refractivity contribution is 0.0706. The maximum atomic E-state index is 12.8. The minimum Gasteiger partial charge on any atom is -0.502 e. The standard InChI is InChI=1S/C20H21N3O4.C6H6/c1-13-5-6-15-11-22-12-21(8-3-4-10-27-19(15)14(13)2)20(26)17-18(25)16(24)7-9-23(17)22;1-2-4-6-5-3-1/h3-7,9,25H,8,10-12H2,1-2H3;1-6H/b4-3-;. The first-order valence-electron chi connectivity index (χ1n) is 10.8. The zero-order chi connectivity index (χ0) is 23.4. The number of benzene rings is 2. The number of pyridine rings is 1. The molecule has 0 saturated carbocycles. The maximum Gasteiger partial charge on any atom is 0.278 e. The van der Waals surface area contributed by atoms with Gasteiger partial charge in [0.25, 0.3) is 5.91 Å². The summed E-state index contributed by atoms with van der Waals surface area (Å²) in [6.45, 7) is 5.66. The minimum atomic E-state index is -0.563. The van der Waals surface area contributed by atoms with E-state index in [-0.39, 0.29) is 11.6 Å². The van der Waals surface area contributed by atoms with Gasteiger partial charge in [-0.3, -0.25) is 19.3 Å². The van der Waals surface area contributed by atoms with E-state index < -0.39 is 11.2 Å². The van der Waals surface area contributed by atoms with Gasteiger partial charge in [-0.05, 0) is 31.1 Å². The summed E-state index contributed by atoms with van der Waals surface area (Å²) in [6, 6.07) is 17.3. The highest BCUT2D eigenvalue weighted by atomic mass is 16.5. The van der Waals surface area contributed by atoms with E-state index >= 15 is 0 Å². The fourth-order valence-electron chi connectivity index (χ4n) is 3.85. The SMILES string of the molecule is Cc1ccc2c(c1C)OC/C=C\CN1CN(C2)n2ccc(=O)c(O)c2C1=O.c1ccccc1. The van der Waals surface area contributed by atoms with Gasteiger partial charge in [-0.2, -0.15) is 0 Å². The Bertz CT molecular complexity index is 1210. The molecule has 5 rings (SSSR count). The van der Waals surface area contributed by atoms with Crippen LogP contribution in [0.15, 0.2) is 77.7 Å². The third-order valence-corrected chi connectivity index (χ3v) is 5.78. The number of aromatic nitrogens is 1. The molecule has 0 spiro atoms. The largest absolute Gasteiger partial charge is 0.502 e. The summed E-state index contributed by atoms with van der Waals surface area (Å²) in [5.41, 5.74) is 2.63. The molecule has 1 N–H and O–H groups in total. The van der Waals surface area contributed by atoms with Crippen LogP contribution in [0, 0.1) is 13.8 Å². The van der Waals surface area contributed by atoms with Crippen LogP contribution in [-0.2, 0) is 6.54 Å². The predicted molar refractivity (Wildman–Crippen MR) is 127 cm³/mol. The molecule has 7 nitrogen and oxygen atoms in total. The molecule has 0 atom stereocenters. The van der Waals surface area contributed by atoms with E-state index in [2.05, 4.69) is 0 Å². The molecule has 3 heterocycles. The zero-order valence-corrected chi connectivity index (χ0v) is 18.8. The van der Waals surface area contributed by atoms with Gasteiger partial charge in [-0.15, -0.1) is 0 Å². The summed E-state index contributed by atoms with van der Waals surface area (Å²) in [5, 5.41) is 12.1. The first-order valence-corrected chi connectivity index (χ1v) is 10.8. The van der Waals surface area contributed by atoms with Gasteiger partial charge >= 0.3 is 0 Å². The molecule has 0 unspecified atom stereocenters. The smallest absolute Gasteiger partial charge is 0.278 e. The predicted octanol–water partition coefficient (Wildman–Crippen LogP) is 3.36. The Morgan fingerprint density at radius 2 is 1.64 bits per heavy atom. The van der Waals surface area contributed by atoms with Gasteiger partial charge in [-0.25, -0.2) is 0 Å². The molecule has 33 heavy (non-hydrogen) atoms. The van der Waals surface area contributed by atoms with E-state index in [1.54, 1.807) is 9.58 Å². The van der Waals surface area contributed by atoms with Gasteiger partial charge in [-0.1, -0.05) is 54.6 Å². The van der Waals surface area contributed by atoms with Crippen LogP contribution in [-0.4, -0.2) is 40.4 Å². The molecule has 2 bridgehead atoms. The van der Waals surface area contributed by atoms with Crippen LogP contribution >= 0.6 is 0 Å². The number of aryl methyl sites for hydroxylation is 1. The van der Waals surface area contributed by atoms with Crippen LogP contribution < -0.4 is 15.2 Å². The third kappa shape index (κ3) is 4.62. The van der Waals surface area contributed by atoms with Gasteiger partial charge in [0, 0.05) is 24.4 Å². The van der Waals surface area contributed by atoms with Crippen molar-refractivity contribution in [2.24, 2.45) is 0 Å². The molecule has 0 radical (unpaired) electrons. The van der Waals surface area contributed by atoms with Crippen molar-refractivity contribution in [3.63, 3.8) is 0 Å². The molecule has 7 heteroatoms. The van der Waals surface area contributed by atoms with E-state index in [4.69, 9.17) is 4.74 Å². The van der Waals surface area contributed by atoms with Crippen molar-refractivity contribution >= 4 is 5.91 Å². The molecule has 2 aliphatic rings. The second-order valence-electron chi connectivity index (χ2n) is 7.99. The molecular formula is C26H27N3O4. The maximum absolute atomic E-state index is 12.8. The number of rotatable bonds is 0. The lowest BCUT2D eigenvalue weighted by Crippen LogP contribution is -2.53. The summed E-state index contributed by atoms with van der Waals surface area (Å²) in [6.07, 6.45) is 5.27. The highest BCUT2D eigenvalue weighted by Gasteiger charge is 2.32. The van der Waals surface area contributed by atoms with Crippen molar-refractivity contribution < 1.29 is 14.6 Å². The Hall–Kier alpha value is -4.00. The van der Waals surface area contributed by atoms with Gasteiger partial charge in [0.1, 0.15) is 19.0 Å². The summed E-state index contributed by atoms with van der Waals surface area (Å²) in [5.74, 6) is -0.0593. The number of nitrogens with zero attached hydrogens (tertiary/aromatic N) is 3. The molecule has 2 aromatic carbocycles. The molecule has 170 valence electrons. The number of fused-ring (bicyclic) bond motifs is 5. The normalized spacial score (nSPS) is 15.8. The number of amides is 1. The number of hydrogen-bond donors (Lipinski definition) is 1. The number of ether oxygens (including phenoxy) is 1. The molecular weight excluding hydrogens is 418 g/mol. The molecule has 3 aromatic rings. The van der Waals surface area contributed by atoms with E-state index in [0.29, 0.717) is 26.4 Å². The summed E-state index contributed by atoms with van der Waals surface area (Å²) >= 11 is 0. The van der Waals surface area contributed by atoms with Crippen LogP contribution in [0.3, 0.4) is 0 Å². The van der Waals surface area contributed by atoms with Gasteiger partial charge in [0.15, 0.2) is 11.4 Å². The zero-order valence-electron chi connectivity index (χ0n) is 18.8. The van der Waals surface area contributed by atoms with E-state index in [0.717, 1.165) is 22.4 Å². The van der Waals surface area contributed by atoms with E-state index in [1.807, 2.05) is 79.5 Å². The lowest BCUT2D eigenvalue weighted by atomic mass is 10.0. The Kier molecular flexibility index (Phi) is 6.49. The topological polar surface area (TPSA) is 75.0 Å². The number of hydrogen-bond acceptors (Lipinski definition) is 5. The van der Waals surface area contributed by atoms with E-state index in [9.17, 15) is 14.7 Å². The van der Waals surface area contributed by atoms with Gasteiger partial charge < -0.3 is 14.7 Å². The average Bonchev–Trinajstić information content (AvgIpc) is 2.87. The van der Waals surface area contributed by atoms with Crippen molar-refractivity contribution in [3.05, 3.63) is 106 Å². The van der Waals surface area contributed by atoms with Crippen LogP contribution in [0.5, 0.6) is 11.5 Å². The van der Waals surface area contributed by atoms with Crippen LogP contribution in [0.4, 0.5) is 0 Å². The second kappa shape index (κ2) is 9.65. The van der Waals surface area contributed by atoms with Crippen molar-refractivity contribution in [1.29, 1.82) is 0 Å². The molecule has 0 fully saturated rings. The fraction of sp³-hybridized carbons (Fsp3) is 0.231. The number of aromatic hydroxyl groups is 1. The lowest BCUT2D eigenvalue weighted by Gasteiger charge is -2.39. The van der Waals surface area contributed by atoms with Crippen molar-refractivity contribution in [2.45, 2.75) is 20.4 Å². The highest BCUT2D eigenvalue weighted by molar-refractivity contribution is 5.96.